The fourth-order valence-corrected chi connectivity index (χ4v) is 4.48. The molecule has 21 heavy (non-hydrogen) atoms. The van der Waals surface area contributed by atoms with Gasteiger partial charge in [-0.2, -0.15) is 5.26 Å². The summed E-state index contributed by atoms with van der Waals surface area (Å²) in [4.78, 5) is 0.173. The molecule has 2 rings (SSSR count). The van der Waals surface area contributed by atoms with E-state index in [9.17, 15) is 8.42 Å². The van der Waals surface area contributed by atoms with Crippen molar-refractivity contribution in [2.75, 3.05) is 6.54 Å². The van der Waals surface area contributed by atoms with Crippen molar-refractivity contribution in [1.82, 2.24) is 4.72 Å². The lowest BCUT2D eigenvalue weighted by molar-refractivity contribution is 0.191. The van der Waals surface area contributed by atoms with E-state index in [1.165, 1.54) is 24.3 Å². The molecule has 0 spiro atoms. The Hall–Kier alpha value is -1.42. The highest BCUT2D eigenvalue weighted by Gasteiger charge is 2.40. The largest absolute Gasteiger partial charge is 0.329 e. The van der Waals surface area contributed by atoms with Gasteiger partial charge in [0, 0.05) is 12.1 Å². The summed E-state index contributed by atoms with van der Waals surface area (Å²) in [6.07, 6.45) is 3.84. The predicted molar refractivity (Wildman–Crippen MR) is 80.9 cm³/mol. The van der Waals surface area contributed by atoms with Crippen LogP contribution < -0.4 is 10.5 Å². The smallest absolute Gasteiger partial charge is 0.241 e. The number of nitrogens with zero attached hydrogens (tertiary/aromatic N) is 1. The quantitative estimate of drug-likeness (QED) is 0.885. The van der Waals surface area contributed by atoms with Crippen LogP contribution in [0.1, 0.15) is 38.2 Å². The molecule has 1 fully saturated rings. The van der Waals surface area contributed by atoms with Crippen LogP contribution in [0.3, 0.4) is 0 Å². The minimum atomic E-state index is -3.63. The Balaban J connectivity index is 2.28. The van der Waals surface area contributed by atoms with Gasteiger partial charge in [-0.05, 0) is 43.0 Å². The summed E-state index contributed by atoms with van der Waals surface area (Å²) in [6.45, 7) is 2.34. The second kappa shape index (κ2) is 6.14. The number of hydrogen-bond acceptors (Lipinski definition) is 4. The van der Waals surface area contributed by atoms with Crippen LogP contribution in [0.4, 0.5) is 0 Å². The van der Waals surface area contributed by atoms with E-state index < -0.39 is 15.6 Å². The van der Waals surface area contributed by atoms with Crippen molar-refractivity contribution < 1.29 is 8.42 Å². The van der Waals surface area contributed by atoms with Gasteiger partial charge in [0.15, 0.2) is 0 Å². The number of benzene rings is 1. The third-order valence-corrected chi connectivity index (χ3v) is 6.02. The first-order valence-corrected chi connectivity index (χ1v) is 8.66. The van der Waals surface area contributed by atoms with E-state index >= 15 is 0 Å². The van der Waals surface area contributed by atoms with Crippen LogP contribution in [0.5, 0.6) is 0 Å². The molecule has 3 N–H and O–H groups in total. The van der Waals surface area contributed by atoms with Gasteiger partial charge in [-0.15, -0.1) is 0 Å². The predicted octanol–water partition coefficient (Wildman–Crippen LogP) is 1.74. The molecule has 1 aliphatic carbocycles. The fourth-order valence-electron chi connectivity index (χ4n) is 2.95. The zero-order valence-corrected chi connectivity index (χ0v) is 13.0. The molecule has 1 saturated carbocycles. The zero-order valence-electron chi connectivity index (χ0n) is 12.2. The molecule has 6 heteroatoms. The van der Waals surface area contributed by atoms with E-state index in [1.807, 2.05) is 13.0 Å². The van der Waals surface area contributed by atoms with E-state index in [0.717, 1.165) is 25.7 Å². The van der Waals surface area contributed by atoms with Gasteiger partial charge in [0.25, 0.3) is 0 Å². The second-order valence-corrected chi connectivity index (χ2v) is 7.43. The molecule has 0 radical (unpaired) electrons. The minimum absolute atomic E-state index is 0.173. The number of nitriles is 1. The topological polar surface area (TPSA) is 96.0 Å². The lowest BCUT2D eigenvalue weighted by atomic mass is 9.74. The average Bonchev–Trinajstić information content (AvgIpc) is 2.49. The highest BCUT2D eigenvalue weighted by molar-refractivity contribution is 7.89. The monoisotopic (exact) mass is 307 g/mol. The Morgan fingerprint density at radius 1 is 1.38 bits per heavy atom. The van der Waals surface area contributed by atoms with Crippen LogP contribution in [0.25, 0.3) is 0 Å². The Labute approximate surface area is 126 Å². The maximum Gasteiger partial charge on any atom is 0.241 e. The van der Waals surface area contributed by atoms with Crippen LogP contribution >= 0.6 is 0 Å². The zero-order chi connectivity index (χ0) is 15.5. The van der Waals surface area contributed by atoms with Gasteiger partial charge in [0.2, 0.25) is 10.0 Å². The molecule has 2 atom stereocenters. The summed E-state index contributed by atoms with van der Waals surface area (Å²) < 4.78 is 27.9. The average molecular weight is 307 g/mol. The van der Waals surface area contributed by atoms with Crippen molar-refractivity contribution in [2.45, 2.75) is 43.0 Å². The number of nitrogens with one attached hydrogen (secondary N) is 1. The normalized spacial score (nSPS) is 26.2. The SMILES string of the molecule is CC1CCCCC1(CN)NS(=O)(=O)c1ccc(C#N)cc1. The fraction of sp³-hybridized carbons (Fsp3) is 0.533. The molecule has 1 aromatic carbocycles. The van der Waals surface area contributed by atoms with Gasteiger partial charge in [0.1, 0.15) is 0 Å². The lowest BCUT2D eigenvalue weighted by Crippen LogP contribution is -2.58. The van der Waals surface area contributed by atoms with Crippen molar-refractivity contribution in [3.8, 4) is 6.07 Å². The first kappa shape index (κ1) is 16.0. The van der Waals surface area contributed by atoms with Crippen LogP contribution in [0.15, 0.2) is 29.2 Å². The number of sulfonamides is 1. The second-order valence-electron chi connectivity index (χ2n) is 5.75. The molecule has 0 heterocycles. The Morgan fingerprint density at radius 3 is 2.57 bits per heavy atom. The van der Waals surface area contributed by atoms with Crippen LogP contribution in [-0.2, 0) is 10.0 Å². The Kier molecular flexibility index (Phi) is 4.67. The Bertz CT molecular complexity index is 634. The molecule has 0 aromatic heterocycles. The van der Waals surface area contributed by atoms with Crippen molar-refractivity contribution in [3.05, 3.63) is 29.8 Å². The van der Waals surface area contributed by atoms with Gasteiger partial charge in [0.05, 0.1) is 16.5 Å². The summed E-state index contributed by atoms with van der Waals surface area (Å²) >= 11 is 0. The maximum absolute atomic E-state index is 12.6. The van der Waals surface area contributed by atoms with Crippen molar-refractivity contribution in [2.24, 2.45) is 11.7 Å². The van der Waals surface area contributed by atoms with Crippen molar-refractivity contribution >= 4 is 10.0 Å². The summed E-state index contributed by atoms with van der Waals surface area (Å²) in [5, 5.41) is 8.77. The molecule has 114 valence electrons. The van der Waals surface area contributed by atoms with Crippen molar-refractivity contribution in [3.63, 3.8) is 0 Å². The molecule has 0 bridgehead atoms. The van der Waals surface area contributed by atoms with Crippen LogP contribution in [0.2, 0.25) is 0 Å². The summed E-state index contributed by atoms with van der Waals surface area (Å²) in [7, 11) is -3.63. The van der Waals surface area contributed by atoms with E-state index in [0.29, 0.717) is 12.1 Å². The lowest BCUT2D eigenvalue weighted by Gasteiger charge is -2.42. The van der Waals surface area contributed by atoms with Gasteiger partial charge in [-0.25, -0.2) is 13.1 Å². The number of nitrogens with two attached hydrogens (primary N) is 1. The third kappa shape index (κ3) is 3.26. The van der Waals surface area contributed by atoms with Crippen LogP contribution in [-0.4, -0.2) is 20.5 Å². The number of hydrogen-bond donors (Lipinski definition) is 2. The summed E-state index contributed by atoms with van der Waals surface area (Å²) in [5.74, 6) is 0.212. The molecule has 2 unspecified atom stereocenters. The highest BCUT2D eigenvalue weighted by Crippen LogP contribution is 2.34. The molecule has 1 aliphatic rings. The van der Waals surface area contributed by atoms with Gasteiger partial charge in [-0.3, -0.25) is 0 Å². The summed E-state index contributed by atoms with van der Waals surface area (Å²) in [6, 6.07) is 7.91. The van der Waals surface area contributed by atoms with Gasteiger partial charge in [-0.1, -0.05) is 19.8 Å². The molecule has 5 nitrogen and oxygen atoms in total. The molecular formula is C15H21N3O2S. The third-order valence-electron chi connectivity index (χ3n) is 4.45. The van der Waals surface area contributed by atoms with E-state index in [1.54, 1.807) is 0 Å². The van der Waals surface area contributed by atoms with Gasteiger partial charge < -0.3 is 5.73 Å². The summed E-state index contributed by atoms with van der Waals surface area (Å²) in [5.41, 5.74) is 5.76. The highest BCUT2D eigenvalue weighted by atomic mass is 32.2. The minimum Gasteiger partial charge on any atom is -0.329 e. The molecular weight excluding hydrogens is 286 g/mol. The van der Waals surface area contributed by atoms with E-state index in [2.05, 4.69) is 4.72 Å². The molecule has 0 amide bonds. The molecule has 0 saturated heterocycles. The van der Waals surface area contributed by atoms with E-state index in [-0.39, 0.29) is 10.8 Å². The first-order valence-electron chi connectivity index (χ1n) is 7.18. The van der Waals surface area contributed by atoms with Crippen molar-refractivity contribution in [1.29, 1.82) is 5.26 Å². The van der Waals surface area contributed by atoms with E-state index in [4.69, 9.17) is 11.0 Å². The Morgan fingerprint density at radius 2 is 2.05 bits per heavy atom. The van der Waals surface area contributed by atoms with Gasteiger partial charge >= 0.3 is 0 Å². The first-order chi connectivity index (χ1) is 9.93. The van der Waals surface area contributed by atoms with Crippen LogP contribution in [0, 0.1) is 17.2 Å². The maximum atomic E-state index is 12.6. The molecule has 1 aromatic rings. The number of rotatable bonds is 4. The standard InChI is InChI=1S/C15H21N3O2S/c1-12-4-2-3-9-15(12,11-17)18-21(19,20)14-7-5-13(10-16)6-8-14/h5-8,12,18H,2-4,9,11,17H2,1H3. The molecule has 0 aliphatic heterocycles.